The molecule has 0 radical (unpaired) electrons. The molecule has 0 aliphatic heterocycles. The van der Waals surface area contributed by atoms with Gasteiger partial charge in [-0.1, -0.05) is 214 Å². The van der Waals surface area contributed by atoms with Crippen molar-refractivity contribution in [1.82, 2.24) is 0 Å². The van der Waals surface area contributed by atoms with Gasteiger partial charge in [0.15, 0.2) is 0 Å². The molecule has 3 atom stereocenters. The zero-order valence-corrected chi connectivity index (χ0v) is 44.5. The quantitative estimate of drug-likeness (QED) is 0.0232. The number of carboxylic acid groups (broad SMARTS) is 1. The zero-order chi connectivity index (χ0) is 50.4. The molecule has 11 heteroatoms. The first-order valence-electron chi connectivity index (χ1n) is 27.3. The number of unbranched alkanes of at least 4 members (excludes halogenated alkanes) is 21. The van der Waals surface area contributed by atoms with Gasteiger partial charge in [-0.3, -0.25) is 18.6 Å². The van der Waals surface area contributed by atoms with Gasteiger partial charge in [-0.25, -0.2) is 4.57 Å². The second-order valence-electron chi connectivity index (χ2n) is 18.0. The lowest BCUT2D eigenvalue weighted by atomic mass is 10.0. The number of carboxylic acids is 1. The van der Waals surface area contributed by atoms with Crippen molar-refractivity contribution < 1.29 is 42.7 Å². The largest absolute Gasteiger partial charge is 0.480 e. The summed E-state index contributed by atoms with van der Waals surface area (Å²) in [5, 5.41) is 8.94. The second kappa shape index (κ2) is 52.7. The van der Waals surface area contributed by atoms with E-state index in [4.69, 9.17) is 29.4 Å². The maximum atomic E-state index is 12.7. The van der Waals surface area contributed by atoms with Gasteiger partial charge in [0.25, 0.3) is 0 Å². The Balaban J connectivity index is 4.19. The topological polar surface area (TPSA) is 155 Å². The normalized spacial score (nSPS) is 14.4. The van der Waals surface area contributed by atoms with E-state index >= 15 is 0 Å². The number of phosphoric acid groups is 1. The minimum absolute atomic E-state index is 0.00000836. The molecular weight excluding hydrogens is 886 g/mol. The predicted molar refractivity (Wildman–Crippen MR) is 290 cm³/mol. The number of ether oxygens (including phenoxy) is 2. The van der Waals surface area contributed by atoms with Gasteiger partial charge in [0.1, 0.15) is 12.1 Å². The van der Waals surface area contributed by atoms with E-state index in [0.29, 0.717) is 13.0 Å². The number of hydrogen-bond acceptors (Lipinski definition) is 8. The summed E-state index contributed by atoms with van der Waals surface area (Å²) in [6.07, 6.45) is 70.4. The third-order valence-electron chi connectivity index (χ3n) is 11.3. The molecule has 10 nitrogen and oxygen atoms in total. The first-order valence-corrected chi connectivity index (χ1v) is 28.8. The standard InChI is InChI=1S/C58H100NO9P/c1-3-5-7-9-11-13-15-17-19-21-23-25-27-29-31-33-35-37-39-41-43-45-47-49-51-65-52-55(53-66-69(63,64)67-54-56(59)58(61)62)68-57(60)50-48-46-44-42-40-38-36-34-32-30-28-26-24-22-20-18-16-14-12-10-8-6-4-2/h6,8,12,14-15,17-18,20-21,23-24,26,30,32,36,38,55-56H,3-5,7,9-11,13,16,19,22,25,27-29,31,33-35,37,39-54,59H2,1-2H3,(H,61,62)(H,63,64)/b8-6-,14-12-,17-15-,20-18-,23-21-,26-24-,32-30-,38-36-. The molecule has 0 aromatic carbocycles. The summed E-state index contributed by atoms with van der Waals surface area (Å²) < 4.78 is 33.5. The fourth-order valence-corrected chi connectivity index (χ4v) is 7.95. The molecule has 0 rings (SSSR count). The molecule has 0 bridgehead atoms. The number of phosphoric ester groups is 1. The Morgan fingerprint density at radius 3 is 1.26 bits per heavy atom. The van der Waals surface area contributed by atoms with Crippen LogP contribution in [0.5, 0.6) is 0 Å². The Kier molecular flexibility index (Phi) is 50.3. The molecule has 0 amide bonds. The van der Waals surface area contributed by atoms with E-state index < -0.39 is 45.1 Å². The maximum absolute atomic E-state index is 12.7. The summed E-state index contributed by atoms with van der Waals surface area (Å²) in [7, 11) is -4.64. The Labute approximate surface area is 421 Å². The third-order valence-corrected chi connectivity index (χ3v) is 12.3. The third kappa shape index (κ3) is 52.5. The summed E-state index contributed by atoms with van der Waals surface area (Å²) in [6, 6.07) is -1.48. The first kappa shape index (κ1) is 65.9. The van der Waals surface area contributed by atoms with Gasteiger partial charge in [-0.2, -0.15) is 0 Å². The monoisotopic (exact) mass is 986 g/mol. The molecule has 0 aliphatic rings. The molecule has 0 aromatic heterocycles. The first-order chi connectivity index (χ1) is 33.7. The number of aliphatic carboxylic acids is 1. The highest BCUT2D eigenvalue weighted by atomic mass is 31.2. The van der Waals surface area contributed by atoms with Gasteiger partial charge >= 0.3 is 19.8 Å². The molecule has 3 unspecified atom stereocenters. The molecule has 0 heterocycles. The van der Waals surface area contributed by atoms with Gasteiger partial charge < -0.3 is 25.2 Å². The van der Waals surface area contributed by atoms with Crippen LogP contribution >= 0.6 is 7.82 Å². The molecule has 0 aliphatic carbocycles. The van der Waals surface area contributed by atoms with Crippen LogP contribution in [0, 0.1) is 0 Å². The molecular formula is C58H100NO9P. The Morgan fingerprint density at radius 2 is 0.841 bits per heavy atom. The highest BCUT2D eigenvalue weighted by molar-refractivity contribution is 7.47. The van der Waals surface area contributed by atoms with Crippen molar-refractivity contribution in [3.63, 3.8) is 0 Å². The lowest BCUT2D eigenvalue weighted by molar-refractivity contribution is -0.154. The minimum Gasteiger partial charge on any atom is -0.480 e. The van der Waals surface area contributed by atoms with E-state index in [1.54, 1.807) is 0 Å². The van der Waals surface area contributed by atoms with Crippen LogP contribution in [0.2, 0.25) is 0 Å². The average Bonchev–Trinajstić information content (AvgIpc) is 3.33. The van der Waals surface area contributed by atoms with Crippen LogP contribution in [0.25, 0.3) is 0 Å². The molecule has 69 heavy (non-hydrogen) atoms. The second-order valence-corrected chi connectivity index (χ2v) is 19.4. The van der Waals surface area contributed by atoms with Crippen LogP contribution in [0.4, 0.5) is 0 Å². The van der Waals surface area contributed by atoms with E-state index in [0.717, 1.165) is 89.9 Å². The highest BCUT2D eigenvalue weighted by Crippen LogP contribution is 2.43. The van der Waals surface area contributed by atoms with Gasteiger partial charge in [-0.05, 0) is 96.3 Å². The van der Waals surface area contributed by atoms with Gasteiger partial charge in [-0.15, -0.1) is 0 Å². The summed E-state index contributed by atoms with van der Waals surface area (Å²) in [5.74, 6) is -1.81. The summed E-state index contributed by atoms with van der Waals surface area (Å²) >= 11 is 0. The lowest BCUT2D eigenvalue weighted by Crippen LogP contribution is -2.34. The SMILES string of the molecule is CC/C=C\C/C=C\C/C=C\C/C=C\C/C=C\C/C=C\CCCCCCC(=O)OC(COCCCCCCCCCCCCCC/C=C\C/C=C\CCCCCCC)COP(=O)(O)OCC(N)C(=O)O. The number of carbonyl (C=O) groups is 2. The fourth-order valence-electron chi connectivity index (χ4n) is 7.17. The molecule has 4 N–H and O–H groups in total. The number of esters is 1. The van der Waals surface area contributed by atoms with E-state index in [9.17, 15) is 19.0 Å². The number of hydrogen-bond donors (Lipinski definition) is 3. The Morgan fingerprint density at radius 1 is 0.478 bits per heavy atom. The number of rotatable bonds is 51. The molecule has 0 spiro atoms. The van der Waals surface area contributed by atoms with Crippen LogP contribution in [0.1, 0.15) is 219 Å². The van der Waals surface area contributed by atoms with E-state index in [2.05, 4.69) is 111 Å². The molecule has 0 saturated carbocycles. The van der Waals surface area contributed by atoms with Crippen molar-refractivity contribution in [2.45, 2.75) is 231 Å². The predicted octanol–water partition coefficient (Wildman–Crippen LogP) is 16.4. The van der Waals surface area contributed by atoms with Gasteiger partial charge in [0.2, 0.25) is 0 Å². The fraction of sp³-hybridized carbons (Fsp3) is 0.690. The van der Waals surface area contributed by atoms with Crippen LogP contribution in [0.3, 0.4) is 0 Å². The summed E-state index contributed by atoms with van der Waals surface area (Å²) in [5.41, 5.74) is 5.38. The van der Waals surface area contributed by atoms with Crippen LogP contribution in [-0.2, 0) is 32.7 Å². The van der Waals surface area contributed by atoms with Crippen molar-refractivity contribution in [2.24, 2.45) is 5.73 Å². The lowest BCUT2D eigenvalue weighted by Gasteiger charge is -2.20. The molecule has 0 aromatic rings. The van der Waals surface area contributed by atoms with Gasteiger partial charge in [0, 0.05) is 13.0 Å². The minimum atomic E-state index is -4.64. The Hall–Kier alpha value is -3.11. The van der Waals surface area contributed by atoms with E-state index in [1.807, 2.05) is 0 Å². The van der Waals surface area contributed by atoms with Crippen molar-refractivity contribution in [2.75, 3.05) is 26.4 Å². The number of nitrogens with two attached hydrogens (primary N) is 1. The van der Waals surface area contributed by atoms with E-state index in [-0.39, 0.29) is 13.0 Å². The summed E-state index contributed by atoms with van der Waals surface area (Å²) in [4.78, 5) is 33.8. The Bertz CT molecular complexity index is 1470. The van der Waals surface area contributed by atoms with Crippen molar-refractivity contribution in [3.8, 4) is 0 Å². The van der Waals surface area contributed by atoms with Gasteiger partial charge in [0.05, 0.1) is 19.8 Å². The van der Waals surface area contributed by atoms with Crippen molar-refractivity contribution in [3.05, 3.63) is 97.2 Å². The zero-order valence-electron chi connectivity index (χ0n) is 43.6. The average molecular weight is 986 g/mol. The van der Waals surface area contributed by atoms with Crippen molar-refractivity contribution in [1.29, 1.82) is 0 Å². The van der Waals surface area contributed by atoms with Crippen LogP contribution in [0.15, 0.2) is 97.2 Å². The van der Waals surface area contributed by atoms with Crippen LogP contribution in [-0.4, -0.2) is 60.5 Å². The number of carbonyl (C=O) groups excluding carboxylic acids is 1. The number of allylic oxidation sites excluding steroid dienone is 16. The van der Waals surface area contributed by atoms with Crippen LogP contribution < -0.4 is 5.73 Å². The van der Waals surface area contributed by atoms with Crippen molar-refractivity contribution >= 4 is 19.8 Å². The highest BCUT2D eigenvalue weighted by Gasteiger charge is 2.27. The smallest absolute Gasteiger partial charge is 0.472 e. The maximum Gasteiger partial charge on any atom is 0.472 e. The summed E-state index contributed by atoms with van der Waals surface area (Å²) in [6.45, 7) is 3.73. The van der Waals surface area contributed by atoms with E-state index in [1.165, 1.54) is 103 Å². The molecule has 0 fully saturated rings. The molecule has 396 valence electrons. The molecule has 0 saturated heterocycles.